The monoisotopic (exact) mass is 163 g/mol. The SMILES string of the molecule is COc1cccc2[c]csc12. The van der Waals surface area contributed by atoms with Gasteiger partial charge in [0.15, 0.2) is 0 Å². The van der Waals surface area contributed by atoms with Gasteiger partial charge < -0.3 is 4.74 Å². The summed E-state index contributed by atoms with van der Waals surface area (Å²) in [4.78, 5) is 0. The Labute approximate surface area is 69.2 Å². The molecular weight excluding hydrogens is 156 g/mol. The van der Waals surface area contributed by atoms with Gasteiger partial charge in [-0.2, -0.15) is 0 Å². The molecule has 0 N–H and O–H groups in total. The Morgan fingerprint density at radius 3 is 3.18 bits per heavy atom. The van der Waals surface area contributed by atoms with E-state index in [0.29, 0.717) is 0 Å². The summed E-state index contributed by atoms with van der Waals surface area (Å²) in [6, 6.07) is 9.11. The van der Waals surface area contributed by atoms with Crippen LogP contribution in [0, 0.1) is 6.07 Å². The van der Waals surface area contributed by atoms with Crippen molar-refractivity contribution in [2.24, 2.45) is 0 Å². The highest BCUT2D eigenvalue weighted by Gasteiger charge is 1.99. The number of hydrogen-bond donors (Lipinski definition) is 0. The van der Waals surface area contributed by atoms with Crippen LogP contribution in [0.3, 0.4) is 0 Å². The predicted molar refractivity (Wildman–Crippen MR) is 47.2 cm³/mol. The van der Waals surface area contributed by atoms with Gasteiger partial charge in [0, 0.05) is 11.5 Å². The van der Waals surface area contributed by atoms with Crippen molar-refractivity contribution in [3.8, 4) is 5.75 Å². The summed E-state index contributed by atoms with van der Waals surface area (Å²) in [5.74, 6) is 0.939. The van der Waals surface area contributed by atoms with E-state index in [2.05, 4.69) is 6.07 Å². The number of hydrogen-bond acceptors (Lipinski definition) is 2. The molecule has 55 valence electrons. The Morgan fingerprint density at radius 2 is 2.36 bits per heavy atom. The maximum atomic E-state index is 5.18. The van der Waals surface area contributed by atoms with Gasteiger partial charge >= 0.3 is 0 Å². The van der Waals surface area contributed by atoms with Gasteiger partial charge in [0.2, 0.25) is 0 Å². The minimum absolute atomic E-state index is 0.939. The maximum absolute atomic E-state index is 5.18. The number of rotatable bonds is 1. The van der Waals surface area contributed by atoms with Gasteiger partial charge in [-0.25, -0.2) is 0 Å². The second-order valence-corrected chi connectivity index (χ2v) is 3.10. The smallest absolute Gasteiger partial charge is 0.136 e. The molecular formula is C9H7OS. The molecule has 0 saturated carbocycles. The zero-order valence-electron chi connectivity index (χ0n) is 6.13. The summed E-state index contributed by atoms with van der Waals surface area (Å²) in [6.45, 7) is 0. The number of fused-ring (bicyclic) bond motifs is 1. The number of methoxy groups -OCH3 is 1. The molecule has 1 heterocycles. The van der Waals surface area contributed by atoms with E-state index < -0.39 is 0 Å². The van der Waals surface area contributed by atoms with Crippen LogP contribution in [0.1, 0.15) is 0 Å². The fourth-order valence-corrected chi connectivity index (χ4v) is 1.89. The molecule has 0 atom stereocenters. The second-order valence-electron chi connectivity index (χ2n) is 2.22. The lowest BCUT2D eigenvalue weighted by atomic mass is 10.2. The molecule has 1 radical (unpaired) electrons. The second kappa shape index (κ2) is 2.55. The lowest BCUT2D eigenvalue weighted by molar-refractivity contribution is 0.420. The lowest BCUT2D eigenvalue weighted by Crippen LogP contribution is -1.80. The topological polar surface area (TPSA) is 9.23 Å². The van der Waals surface area contributed by atoms with Gasteiger partial charge in [0.1, 0.15) is 5.75 Å². The van der Waals surface area contributed by atoms with Crippen LogP contribution in [-0.4, -0.2) is 7.11 Å². The Morgan fingerprint density at radius 1 is 1.45 bits per heavy atom. The lowest BCUT2D eigenvalue weighted by Gasteiger charge is -1.98. The molecule has 0 amide bonds. The van der Waals surface area contributed by atoms with Crippen molar-refractivity contribution in [3.63, 3.8) is 0 Å². The molecule has 1 nitrogen and oxygen atoms in total. The Balaban J connectivity index is 2.79. The van der Waals surface area contributed by atoms with Gasteiger partial charge in [-0.05, 0) is 11.4 Å². The quantitative estimate of drug-likeness (QED) is 0.628. The molecule has 2 aromatic rings. The van der Waals surface area contributed by atoms with Crippen molar-refractivity contribution >= 4 is 21.4 Å². The minimum atomic E-state index is 0.939. The third kappa shape index (κ3) is 0.994. The standard InChI is InChI=1S/C9H7OS/c1-10-8-4-2-3-7-5-6-11-9(7)8/h2-4,6H,1H3. The number of benzene rings is 1. The molecule has 2 heteroatoms. The van der Waals surface area contributed by atoms with Crippen molar-refractivity contribution in [2.45, 2.75) is 0 Å². The van der Waals surface area contributed by atoms with Gasteiger partial charge in [0.05, 0.1) is 11.8 Å². The van der Waals surface area contributed by atoms with Crippen LogP contribution < -0.4 is 4.74 Å². The summed E-state index contributed by atoms with van der Waals surface area (Å²) >= 11 is 1.66. The maximum Gasteiger partial charge on any atom is 0.136 e. The molecule has 0 bridgehead atoms. The first kappa shape index (κ1) is 6.68. The average molecular weight is 163 g/mol. The third-order valence-corrected chi connectivity index (χ3v) is 2.48. The van der Waals surface area contributed by atoms with Crippen molar-refractivity contribution in [3.05, 3.63) is 29.6 Å². The van der Waals surface area contributed by atoms with Gasteiger partial charge in [-0.15, -0.1) is 11.3 Å². The summed E-state index contributed by atoms with van der Waals surface area (Å²) in [5, 5.41) is 3.09. The van der Waals surface area contributed by atoms with Crippen molar-refractivity contribution in [1.29, 1.82) is 0 Å². The highest BCUT2D eigenvalue weighted by atomic mass is 32.1. The largest absolute Gasteiger partial charge is 0.495 e. The summed E-state index contributed by atoms with van der Waals surface area (Å²) < 4.78 is 6.35. The van der Waals surface area contributed by atoms with E-state index in [1.54, 1.807) is 18.4 Å². The normalized spacial score (nSPS) is 10.3. The van der Waals surface area contributed by atoms with Crippen LogP contribution in [0.15, 0.2) is 23.6 Å². The number of thiophene rings is 1. The molecule has 0 aliphatic heterocycles. The molecule has 2 rings (SSSR count). The van der Waals surface area contributed by atoms with Crippen LogP contribution in [0.2, 0.25) is 0 Å². The van der Waals surface area contributed by atoms with Crippen LogP contribution in [0.5, 0.6) is 5.75 Å². The van der Waals surface area contributed by atoms with Gasteiger partial charge in [-0.3, -0.25) is 0 Å². The first-order valence-electron chi connectivity index (χ1n) is 3.33. The van der Waals surface area contributed by atoms with Crippen molar-refractivity contribution in [1.82, 2.24) is 0 Å². The van der Waals surface area contributed by atoms with E-state index in [9.17, 15) is 0 Å². The summed E-state index contributed by atoms with van der Waals surface area (Å²) in [7, 11) is 1.69. The van der Waals surface area contributed by atoms with Gasteiger partial charge in [-0.1, -0.05) is 12.1 Å². The molecule has 1 aromatic heterocycles. The fraction of sp³-hybridized carbons (Fsp3) is 0.111. The molecule has 0 unspecified atom stereocenters. The highest BCUT2D eigenvalue weighted by Crippen LogP contribution is 2.29. The van der Waals surface area contributed by atoms with E-state index in [1.807, 2.05) is 23.6 Å². The molecule has 0 aliphatic carbocycles. The minimum Gasteiger partial charge on any atom is -0.495 e. The predicted octanol–water partition coefficient (Wildman–Crippen LogP) is 2.71. The Hall–Kier alpha value is -1.02. The fourth-order valence-electron chi connectivity index (χ4n) is 1.06. The zero-order chi connectivity index (χ0) is 7.68. The van der Waals surface area contributed by atoms with Crippen LogP contribution in [0.4, 0.5) is 0 Å². The first-order chi connectivity index (χ1) is 5.42. The van der Waals surface area contributed by atoms with Crippen molar-refractivity contribution < 1.29 is 4.74 Å². The molecule has 0 spiro atoms. The first-order valence-corrected chi connectivity index (χ1v) is 4.21. The van der Waals surface area contributed by atoms with E-state index in [4.69, 9.17) is 4.74 Å². The molecule has 1 aromatic carbocycles. The Kier molecular flexibility index (Phi) is 1.55. The Bertz CT molecular complexity index is 364. The van der Waals surface area contributed by atoms with Crippen molar-refractivity contribution in [2.75, 3.05) is 7.11 Å². The summed E-state index contributed by atoms with van der Waals surface area (Å²) in [6.07, 6.45) is 0. The number of ether oxygens (including phenoxy) is 1. The van der Waals surface area contributed by atoms with E-state index in [-0.39, 0.29) is 0 Å². The van der Waals surface area contributed by atoms with E-state index >= 15 is 0 Å². The van der Waals surface area contributed by atoms with Crippen LogP contribution in [-0.2, 0) is 0 Å². The van der Waals surface area contributed by atoms with E-state index in [1.165, 1.54) is 4.70 Å². The average Bonchev–Trinajstić information content (AvgIpc) is 2.50. The highest BCUT2D eigenvalue weighted by molar-refractivity contribution is 7.17. The van der Waals surface area contributed by atoms with Gasteiger partial charge in [0.25, 0.3) is 0 Å². The molecule has 0 fully saturated rings. The summed E-state index contributed by atoms with van der Waals surface area (Å²) in [5.41, 5.74) is 0. The molecule has 0 aliphatic rings. The van der Waals surface area contributed by atoms with E-state index in [0.717, 1.165) is 11.1 Å². The van der Waals surface area contributed by atoms with Crippen LogP contribution >= 0.6 is 11.3 Å². The zero-order valence-corrected chi connectivity index (χ0v) is 6.94. The third-order valence-electron chi connectivity index (χ3n) is 1.59. The molecule has 0 saturated heterocycles. The van der Waals surface area contributed by atoms with Crippen LogP contribution in [0.25, 0.3) is 10.1 Å². The molecule has 11 heavy (non-hydrogen) atoms.